The lowest BCUT2D eigenvalue weighted by molar-refractivity contribution is -0.384. The zero-order chi connectivity index (χ0) is 19.5. The van der Waals surface area contributed by atoms with Crippen molar-refractivity contribution in [3.8, 4) is 11.3 Å². The number of likely N-dealkylation sites (tertiary alicyclic amines) is 1. The van der Waals surface area contributed by atoms with E-state index in [0.29, 0.717) is 36.2 Å². The van der Waals surface area contributed by atoms with Crippen LogP contribution in [0.3, 0.4) is 0 Å². The highest BCUT2D eigenvalue weighted by atomic mass is 35.5. The van der Waals surface area contributed by atoms with E-state index in [4.69, 9.17) is 10.2 Å². The molecule has 0 saturated carbocycles. The van der Waals surface area contributed by atoms with Crippen LogP contribution < -0.4 is 5.73 Å². The molecule has 2 aromatic carbocycles. The average molecular weight is 414 g/mol. The van der Waals surface area contributed by atoms with E-state index in [9.17, 15) is 10.1 Å². The molecule has 152 valence electrons. The maximum atomic E-state index is 11.0. The number of benzene rings is 2. The molecule has 7 heteroatoms. The lowest BCUT2D eigenvalue weighted by atomic mass is 9.89. The average Bonchev–Trinajstić information content (AvgIpc) is 3.36. The van der Waals surface area contributed by atoms with Crippen molar-refractivity contribution < 1.29 is 9.34 Å². The van der Waals surface area contributed by atoms with E-state index in [0.717, 1.165) is 18.8 Å². The van der Waals surface area contributed by atoms with Crippen molar-refractivity contribution in [1.29, 1.82) is 0 Å². The Morgan fingerprint density at radius 3 is 2.59 bits per heavy atom. The van der Waals surface area contributed by atoms with Crippen molar-refractivity contribution in [1.82, 2.24) is 4.90 Å². The van der Waals surface area contributed by atoms with E-state index >= 15 is 0 Å². The molecule has 2 heterocycles. The number of non-ortho nitro benzene ring substituents is 1. The number of nitro benzene ring substituents is 1. The molecule has 6 nitrogen and oxygen atoms in total. The van der Waals surface area contributed by atoms with Crippen molar-refractivity contribution in [3.05, 3.63) is 88.2 Å². The van der Waals surface area contributed by atoms with Crippen LogP contribution in [-0.2, 0) is 6.54 Å². The summed E-state index contributed by atoms with van der Waals surface area (Å²) in [5.74, 6) is 2.35. The van der Waals surface area contributed by atoms with E-state index in [1.165, 1.54) is 17.7 Å². The van der Waals surface area contributed by atoms with Crippen LogP contribution in [0.1, 0.15) is 17.2 Å². The smallest absolute Gasteiger partial charge is 0.270 e. The summed E-state index contributed by atoms with van der Waals surface area (Å²) in [6, 6.07) is 20.9. The van der Waals surface area contributed by atoms with Crippen molar-refractivity contribution in [3.63, 3.8) is 0 Å². The summed E-state index contributed by atoms with van der Waals surface area (Å²) in [4.78, 5) is 13.0. The molecule has 29 heavy (non-hydrogen) atoms. The van der Waals surface area contributed by atoms with E-state index < -0.39 is 4.92 Å². The Labute approximate surface area is 175 Å². The zero-order valence-corrected chi connectivity index (χ0v) is 16.8. The van der Waals surface area contributed by atoms with E-state index in [2.05, 4.69) is 29.2 Å². The number of nitro groups is 1. The van der Waals surface area contributed by atoms with Crippen LogP contribution in [0.15, 0.2) is 71.1 Å². The minimum atomic E-state index is -0.395. The molecule has 3 aromatic rings. The highest BCUT2D eigenvalue weighted by Gasteiger charge is 2.33. The largest absolute Gasteiger partial charge is 0.460 e. The molecule has 1 saturated heterocycles. The third-order valence-corrected chi connectivity index (χ3v) is 5.43. The third kappa shape index (κ3) is 4.67. The van der Waals surface area contributed by atoms with Crippen molar-refractivity contribution in [2.24, 2.45) is 11.7 Å². The summed E-state index contributed by atoms with van der Waals surface area (Å²) >= 11 is 0. The minimum absolute atomic E-state index is 0. The van der Waals surface area contributed by atoms with Crippen molar-refractivity contribution >= 4 is 18.1 Å². The molecule has 2 N–H and O–H groups in total. The number of nitrogens with two attached hydrogens (primary N) is 1. The maximum absolute atomic E-state index is 11.0. The Kier molecular flexibility index (Phi) is 6.69. The van der Waals surface area contributed by atoms with Gasteiger partial charge >= 0.3 is 0 Å². The fourth-order valence-corrected chi connectivity index (χ4v) is 4.02. The second kappa shape index (κ2) is 9.22. The lowest BCUT2D eigenvalue weighted by Crippen LogP contribution is -2.23. The SMILES string of the molecule is Cl.NC[C@@H]1CN(Cc2ccc(-c3cccc([N+](=O)[O-])c3)o2)C[C@H]1c1ccccc1. The summed E-state index contributed by atoms with van der Waals surface area (Å²) in [7, 11) is 0. The van der Waals surface area contributed by atoms with Gasteiger partial charge in [0.2, 0.25) is 0 Å². The molecular weight excluding hydrogens is 390 g/mol. The van der Waals surface area contributed by atoms with Gasteiger partial charge in [0.25, 0.3) is 5.69 Å². The van der Waals surface area contributed by atoms with Gasteiger partial charge in [-0.15, -0.1) is 12.4 Å². The molecule has 1 aliphatic heterocycles. The van der Waals surface area contributed by atoms with Gasteiger partial charge < -0.3 is 10.2 Å². The van der Waals surface area contributed by atoms with Gasteiger partial charge in [-0.2, -0.15) is 0 Å². The summed E-state index contributed by atoms with van der Waals surface area (Å²) in [6.07, 6.45) is 0. The number of hydrogen-bond donors (Lipinski definition) is 1. The standard InChI is InChI=1S/C22H23N3O3.ClH/c23-12-18-13-24(15-21(18)16-5-2-1-3-6-16)14-20-9-10-22(28-20)17-7-4-8-19(11-17)25(26)27;/h1-11,18,21H,12-15,23H2;1H/t18-,21+;/m1./s1. The Bertz CT molecular complexity index is 961. The van der Waals surface area contributed by atoms with E-state index in [-0.39, 0.29) is 18.1 Å². The highest BCUT2D eigenvalue weighted by molar-refractivity contribution is 5.85. The van der Waals surface area contributed by atoms with Crippen LogP contribution in [0.25, 0.3) is 11.3 Å². The molecule has 0 aliphatic carbocycles. The second-order valence-electron chi connectivity index (χ2n) is 7.28. The fourth-order valence-electron chi connectivity index (χ4n) is 4.02. The van der Waals surface area contributed by atoms with E-state index in [1.54, 1.807) is 6.07 Å². The molecule has 0 unspecified atom stereocenters. The molecule has 0 spiro atoms. The maximum Gasteiger partial charge on any atom is 0.270 e. The van der Waals surface area contributed by atoms with Gasteiger partial charge in [-0.25, -0.2) is 0 Å². The molecule has 1 aliphatic rings. The minimum Gasteiger partial charge on any atom is -0.460 e. The lowest BCUT2D eigenvalue weighted by Gasteiger charge is -2.16. The quantitative estimate of drug-likeness (QED) is 0.476. The van der Waals surface area contributed by atoms with Crippen molar-refractivity contribution in [2.75, 3.05) is 19.6 Å². The Morgan fingerprint density at radius 1 is 1.07 bits per heavy atom. The molecular formula is C22H24ClN3O3. The number of nitrogens with zero attached hydrogens (tertiary/aromatic N) is 2. The zero-order valence-electron chi connectivity index (χ0n) is 15.9. The Balaban J connectivity index is 0.00000240. The number of halogens is 1. The Morgan fingerprint density at radius 2 is 1.86 bits per heavy atom. The second-order valence-corrected chi connectivity index (χ2v) is 7.28. The van der Waals surface area contributed by atoms with Gasteiger partial charge in [0.05, 0.1) is 11.5 Å². The number of hydrogen-bond acceptors (Lipinski definition) is 5. The molecule has 4 rings (SSSR count). The summed E-state index contributed by atoms with van der Waals surface area (Å²) in [6.45, 7) is 3.24. The van der Waals surface area contributed by atoms with Crippen molar-refractivity contribution in [2.45, 2.75) is 12.5 Å². The van der Waals surface area contributed by atoms with Gasteiger partial charge in [-0.3, -0.25) is 15.0 Å². The summed E-state index contributed by atoms with van der Waals surface area (Å²) < 4.78 is 5.98. The predicted octanol–water partition coefficient (Wildman–Crippen LogP) is 4.45. The molecule has 1 fully saturated rings. The molecule has 0 bridgehead atoms. The van der Waals surface area contributed by atoms with Crippen LogP contribution >= 0.6 is 12.4 Å². The third-order valence-electron chi connectivity index (χ3n) is 5.43. The molecule has 0 amide bonds. The summed E-state index contributed by atoms with van der Waals surface area (Å²) in [5.41, 5.74) is 8.13. The molecule has 0 radical (unpaired) electrons. The fraction of sp³-hybridized carbons (Fsp3) is 0.273. The molecule has 1 aromatic heterocycles. The van der Waals surface area contributed by atoms with Crippen LogP contribution in [-0.4, -0.2) is 29.5 Å². The molecule has 2 atom stereocenters. The van der Waals surface area contributed by atoms with Crippen LogP contribution in [0, 0.1) is 16.0 Å². The Hall–Kier alpha value is -2.67. The first kappa shape index (κ1) is 21.0. The number of furan rings is 1. The monoisotopic (exact) mass is 413 g/mol. The van der Waals surface area contributed by atoms with Gasteiger partial charge in [0, 0.05) is 36.7 Å². The number of rotatable bonds is 6. The first-order chi connectivity index (χ1) is 13.6. The van der Waals surface area contributed by atoms with Crippen LogP contribution in [0.2, 0.25) is 0 Å². The summed E-state index contributed by atoms with van der Waals surface area (Å²) in [5, 5.41) is 11.0. The normalized spacial score (nSPS) is 19.1. The van der Waals surface area contributed by atoms with E-state index in [1.807, 2.05) is 24.3 Å². The van der Waals surface area contributed by atoms with Gasteiger partial charge in [-0.1, -0.05) is 42.5 Å². The first-order valence-electron chi connectivity index (χ1n) is 9.45. The van der Waals surface area contributed by atoms with Gasteiger partial charge in [-0.05, 0) is 30.2 Å². The first-order valence-corrected chi connectivity index (χ1v) is 9.45. The van der Waals surface area contributed by atoms with Crippen LogP contribution in [0.4, 0.5) is 5.69 Å². The topological polar surface area (TPSA) is 85.5 Å². The van der Waals surface area contributed by atoms with Crippen LogP contribution in [0.5, 0.6) is 0 Å². The van der Waals surface area contributed by atoms with Gasteiger partial charge in [0.15, 0.2) is 0 Å². The highest BCUT2D eigenvalue weighted by Crippen LogP contribution is 2.33. The van der Waals surface area contributed by atoms with Gasteiger partial charge in [0.1, 0.15) is 11.5 Å². The predicted molar refractivity (Wildman–Crippen MR) is 115 cm³/mol.